The van der Waals surface area contributed by atoms with Crippen molar-refractivity contribution >= 4 is 46.2 Å². The lowest BCUT2D eigenvalue weighted by molar-refractivity contribution is 0.299. The van der Waals surface area contributed by atoms with E-state index in [2.05, 4.69) is 57.3 Å². The van der Waals surface area contributed by atoms with Gasteiger partial charge in [-0.1, -0.05) is 18.3 Å². The molecule has 2 aliphatic rings. The molecule has 12 heteroatoms. The van der Waals surface area contributed by atoms with Crippen molar-refractivity contribution in [3.8, 4) is 28.5 Å². The Kier molecular flexibility index (Phi) is 9.01. The molecule has 232 valence electrons. The van der Waals surface area contributed by atoms with Gasteiger partial charge in [0.05, 0.1) is 5.69 Å². The summed E-state index contributed by atoms with van der Waals surface area (Å²) in [6.45, 7) is 6.26. The summed E-state index contributed by atoms with van der Waals surface area (Å²) in [6.07, 6.45) is 7.05. The summed E-state index contributed by atoms with van der Waals surface area (Å²) in [6, 6.07) is 17.9. The van der Waals surface area contributed by atoms with Crippen molar-refractivity contribution in [3.05, 3.63) is 77.3 Å². The quantitative estimate of drug-likeness (QED) is 0.219. The van der Waals surface area contributed by atoms with Gasteiger partial charge in [-0.25, -0.2) is 19.3 Å². The number of aryl methyl sites for hydroxylation is 1. The molecule has 0 atom stereocenters. The molecule has 2 fully saturated rings. The maximum absolute atomic E-state index is 13.5. The van der Waals surface area contributed by atoms with Crippen LogP contribution in [0.15, 0.2) is 60.9 Å². The van der Waals surface area contributed by atoms with E-state index in [1.165, 1.54) is 23.5 Å². The molecule has 6 heterocycles. The van der Waals surface area contributed by atoms with Crippen LogP contribution < -0.4 is 20.4 Å². The van der Waals surface area contributed by atoms with Crippen LogP contribution in [-0.4, -0.2) is 64.7 Å². The minimum atomic E-state index is -0.325. The van der Waals surface area contributed by atoms with Crippen molar-refractivity contribution in [2.24, 2.45) is 0 Å². The second-order valence-electron chi connectivity index (χ2n) is 11.4. The van der Waals surface area contributed by atoms with E-state index in [0.717, 1.165) is 79.5 Å². The molecule has 0 amide bonds. The number of nitrogens with one attached hydrogen (secondary N) is 2. The number of imidazole rings is 1. The highest BCUT2D eigenvalue weighted by Crippen LogP contribution is 2.37. The van der Waals surface area contributed by atoms with Gasteiger partial charge >= 0.3 is 0 Å². The number of pyridine rings is 2. The first kappa shape index (κ1) is 30.9. The molecule has 0 aliphatic carbocycles. The first-order valence-corrected chi connectivity index (χ1v) is 15.9. The predicted octanol–water partition coefficient (Wildman–Crippen LogP) is 5.81. The number of piperidine rings is 1. The average molecular weight is 644 g/mol. The summed E-state index contributed by atoms with van der Waals surface area (Å²) in [5.74, 6) is 1.59. The third-order valence-electron chi connectivity index (χ3n) is 8.59. The highest BCUT2D eigenvalue weighted by molar-refractivity contribution is 7.16. The maximum Gasteiger partial charge on any atom is 0.192 e. The van der Waals surface area contributed by atoms with E-state index in [9.17, 15) is 9.65 Å². The number of fused-ring (bicyclic) bond motifs is 1. The van der Waals surface area contributed by atoms with Crippen LogP contribution in [-0.2, 0) is 6.42 Å². The third-order valence-corrected chi connectivity index (χ3v) is 9.63. The van der Waals surface area contributed by atoms with Crippen molar-refractivity contribution < 1.29 is 4.39 Å². The number of benzene rings is 1. The van der Waals surface area contributed by atoms with E-state index >= 15 is 0 Å². The molecule has 0 saturated carbocycles. The van der Waals surface area contributed by atoms with Gasteiger partial charge in [0.25, 0.3) is 0 Å². The van der Waals surface area contributed by atoms with Gasteiger partial charge in [-0.2, -0.15) is 5.26 Å². The largest absolute Gasteiger partial charge is 0.357 e. The minimum Gasteiger partial charge on any atom is -0.357 e. The second kappa shape index (κ2) is 13.1. The lowest BCUT2D eigenvalue weighted by Gasteiger charge is -2.38. The van der Waals surface area contributed by atoms with E-state index < -0.39 is 0 Å². The first-order valence-electron chi connectivity index (χ1n) is 15.1. The van der Waals surface area contributed by atoms with E-state index in [4.69, 9.17) is 15.0 Å². The van der Waals surface area contributed by atoms with E-state index in [1.807, 2.05) is 24.2 Å². The second-order valence-corrected chi connectivity index (χ2v) is 12.4. The van der Waals surface area contributed by atoms with Crippen LogP contribution in [0.4, 0.5) is 21.2 Å². The van der Waals surface area contributed by atoms with Crippen LogP contribution in [0.2, 0.25) is 0 Å². The van der Waals surface area contributed by atoms with E-state index in [-0.39, 0.29) is 18.2 Å². The molecule has 9 nitrogen and oxygen atoms in total. The van der Waals surface area contributed by atoms with Crippen LogP contribution >= 0.6 is 23.7 Å². The monoisotopic (exact) mass is 643 g/mol. The highest BCUT2D eigenvalue weighted by atomic mass is 35.5. The molecule has 4 aromatic heterocycles. The van der Waals surface area contributed by atoms with Crippen LogP contribution in [0.5, 0.6) is 0 Å². The summed E-state index contributed by atoms with van der Waals surface area (Å²) in [4.78, 5) is 19.4. The molecule has 1 aromatic carbocycles. The number of nitrogens with zero attached hydrogens (tertiary/aromatic N) is 7. The number of hydrogen-bond acceptors (Lipinski definition) is 9. The number of aromatic nitrogens is 4. The van der Waals surface area contributed by atoms with Gasteiger partial charge in [-0.3, -0.25) is 4.40 Å². The topological polar surface area (TPSA) is 97.4 Å². The molecule has 2 saturated heterocycles. The van der Waals surface area contributed by atoms with Crippen molar-refractivity contribution in [1.82, 2.24) is 30.0 Å². The number of halogens is 2. The first-order chi connectivity index (χ1) is 21.5. The summed E-state index contributed by atoms with van der Waals surface area (Å²) >= 11 is 1.31. The molecule has 0 spiro atoms. The molecule has 7 rings (SSSR count). The maximum atomic E-state index is 13.5. The molecule has 0 bridgehead atoms. The Balaban J connectivity index is 0.00000357. The summed E-state index contributed by atoms with van der Waals surface area (Å²) in [5, 5.41) is 17.6. The van der Waals surface area contributed by atoms with Crippen LogP contribution in [0.25, 0.3) is 28.0 Å². The van der Waals surface area contributed by atoms with Gasteiger partial charge in [0, 0.05) is 74.4 Å². The Morgan fingerprint density at radius 3 is 2.40 bits per heavy atom. The van der Waals surface area contributed by atoms with Crippen molar-refractivity contribution in [2.45, 2.75) is 38.3 Å². The molecule has 0 unspecified atom stereocenters. The number of anilines is 3. The number of rotatable bonds is 8. The van der Waals surface area contributed by atoms with Gasteiger partial charge in [0.2, 0.25) is 0 Å². The fourth-order valence-corrected chi connectivity index (χ4v) is 6.87. The third kappa shape index (κ3) is 6.11. The van der Waals surface area contributed by atoms with E-state index in [0.29, 0.717) is 33.3 Å². The molecule has 2 aliphatic heterocycles. The SMILES string of the molecule is CCc1nc2ccc(-c3ccc(N4CCC(NC5CNC5)CC4)nc3)cn2c1N(C)c1nc(-c2ccc(F)cc2)c(C#N)s1.Cl. The molecular formula is C33H35ClFN9S. The molecule has 5 aromatic rings. The summed E-state index contributed by atoms with van der Waals surface area (Å²) in [7, 11) is 1.95. The van der Waals surface area contributed by atoms with Gasteiger partial charge < -0.3 is 20.4 Å². The zero-order chi connectivity index (χ0) is 30.2. The van der Waals surface area contributed by atoms with Gasteiger partial charge in [-0.05, 0) is 67.8 Å². The molecule has 2 N–H and O–H groups in total. The van der Waals surface area contributed by atoms with Gasteiger partial charge in [0.1, 0.15) is 39.7 Å². The summed E-state index contributed by atoms with van der Waals surface area (Å²) < 4.78 is 15.6. The Morgan fingerprint density at radius 2 is 1.76 bits per heavy atom. The lowest BCUT2D eigenvalue weighted by Crippen LogP contribution is -2.59. The zero-order valence-electron chi connectivity index (χ0n) is 25.2. The number of hydrogen-bond donors (Lipinski definition) is 2. The molecule has 0 radical (unpaired) electrons. The average Bonchev–Trinajstić information content (AvgIpc) is 3.65. The number of nitriles is 1. The van der Waals surface area contributed by atoms with Crippen molar-refractivity contribution in [2.75, 3.05) is 43.0 Å². The number of thiazole rings is 1. The normalized spacial score (nSPS) is 15.5. The predicted molar refractivity (Wildman–Crippen MR) is 180 cm³/mol. The Bertz CT molecular complexity index is 1820. The Hall–Kier alpha value is -4.08. The van der Waals surface area contributed by atoms with Gasteiger partial charge in [-0.15, -0.1) is 12.4 Å². The van der Waals surface area contributed by atoms with Crippen LogP contribution in [0, 0.1) is 17.1 Å². The van der Waals surface area contributed by atoms with Crippen LogP contribution in [0.1, 0.15) is 30.3 Å². The van der Waals surface area contributed by atoms with Gasteiger partial charge in [0.15, 0.2) is 5.13 Å². The van der Waals surface area contributed by atoms with Crippen LogP contribution in [0.3, 0.4) is 0 Å². The van der Waals surface area contributed by atoms with Crippen molar-refractivity contribution in [1.29, 1.82) is 5.26 Å². The fraction of sp³-hybridized carbons (Fsp3) is 0.333. The van der Waals surface area contributed by atoms with E-state index in [1.54, 1.807) is 12.1 Å². The molecule has 45 heavy (non-hydrogen) atoms. The van der Waals surface area contributed by atoms with Crippen molar-refractivity contribution in [3.63, 3.8) is 0 Å². The fourth-order valence-electron chi connectivity index (χ4n) is 6.03. The highest BCUT2D eigenvalue weighted by Gasteiger charge is 2.25. The molecular weight excluding hydrogens is 609 g/mol. The Morgan fingerprint density at radius 1 is 1.02 bits per heavy atom. The zero-order valence-corrected chi connectivity index (χ0v) is 26.8. The standard InChI is InChI=1S/C33H34FN9S.ClH/c1-3-27-32(41(2)33-40-31(28(16-35)44-33)21-4-8-24(34)9-5-21)43-20-23(7-11-30(43)39-27)22-6-10-29(37-17-22)42-14-12-25(13-15-42)38-26-18-36-19-26;/h4-11,17,20,25-26,36,38H,3,12-15,18-19H2,1-2H3;1H. The smallest absolute Gasteiger partial charge is 0.192 e. The minimum absolute atomic E-state index is 0. The Labute approximate surface area is 272 Å². The lowest BCUT2D eigenvalue weighted by atomic mass is 10.0. The summed E-state index contributed by atoms with van der Waals surface area (Å²) in [5.41, 5.74) is 5.09.